The number of aromatic nitrogens is 3. The molecular formula is C15H12F2N4O3. The van der Waals surface area contributed by atoms with Crippen molar-refractivity contribution in [1.29, 1.82) is 0 Å². The molecule has 0 unspecified atom stereocenters. The summed E-state index contributed by atoms with van der Waals surface area (Å²) < 4.78 is 35.9. The smallest absolute Gasteiger partial charge is 0.387 e. The zero-order valence-electron chi connectivity index (χ0n) is 12.2. The molecule has 0 spiro atoms. The number of ether oxygens (including phenoxy) is 2. The van der Waals surface area contributed by atoms with Gasteiger partial charge in [0.15, 0.2) is 12.3 Å². The van der Waals surface area contributed by atoms with Crippen LogP contribution < -0.4 is 14.8 Å². The van der Waals surface area contributed by atoms with Crippen LogP contribution in [0.4, 0.5) is 14.5 Å². The first kappa shape index (κ1) is 15.7. The van der Waals surface area contributed by atoms with E-state index in [1.165, 1.54) is 18.2 Å². The fourth-order valence-electron chi connectivity index (χ4n) is 2.00. The topological polar surface area (TPSA) is 77.8 Å². The van der Waals surface area contributed by atoms with Gasteiger partial charge in [0, 0.05) is 6.20 Å². The van der Waals surface area contributed by atoms with E-state index in [2.05, 4.69) is 20.3 Å². The number of hydrogen-bond donors (Lipinski definition) is 1. The lowest BCUT2D eigenvalue weighted by molar-refractivity contribution is -0.118. The van der Waals surface area contributed by atoms with Crippen molar-refractivity contribution in [1.82, 2.24) is 14.6 Å². The summed E-state index contributed by atoms with van der Waals surface area (Å²) in [4.78, 5) is 11.9. The molecule has 3 aromatic rings. The molecule has 0 aliphatic rings. The fourth-order valence-corrected chi connectivity index (χ4v) is 2.00. The van der Waals surface area contributed by atoms with Gasteiger partial charge in [-0.25, -0.2) is 0 Å². The molecule has 0 saturated carbocycles. The van der Waals surface area contributed by atoms with E-state index in [1.54, 1.807) is 34.9 Å². The van der Waals surface area contributed by atoms with Crippen molar-refractivity contribution in [2.45, 2.75) is 6.61 Å². The molecule has 2 aromatic heterocycles. The molecule has 24 heavy (non-hydrogen) atoms. The molecule has 3 rings (SSSR count). The number of anilines is 1. The lowest BCUT2D eigenvalue weighted by Gasteiger charge is -2.11. The molecule has 0 saturated heterocycles. The number of alkyl halides is 2. The van der Waals surface area contributed by atoms with Gasteiger partial charge in [0.25, 0.3) is 5.91 Å². The first-order valence-electron chi connectivity index (χ1n) is 6.90. The molecule has 2 heterocycles. The van der Waals surface area contributed by atoms with Crippen LogP contribution in [0, 0.1) is 0 Å². The van der Waals surface area contributed by atoms with E-state index < -0.39 is 12.5 Å². The zero-order chi connectivity index (χ0) is 16.9. The number of nitrogens with one attached hydrogen (secondary N) is 1. The Kier molecular flexibility index (Phi) is 4.50. The first-order valence-corrected chi connectivity index (χ1v) is 6.90. The van der Waals surface area contributed by atoms with Crippen LogP contribution in [-0.4, -0.2) is 33.7 Å². The third-order valence-electron chi connectivity index (χ3n) is 2.99. The number of halogens is 2. The average Bonchev–Trinajstić information content (AvgIpc) is 2.98. The number of amides is 1. The van der Waals surface area contributed by atoms with E-state index in [4.69, 9.17) is 4.74 Å². The number of carbonyl (C=O) groups is 1. The monoisotopic (exact) mass is 334 g/mol. The Morgan fingerprint density at radius 3 is 2.79 bits per heavy atom. The Morgan fingerprint density at radius 1 is 1.17 bits per heavy atom. The zero-order valence-corrected chi connectivity index (χ0v) is 12.2. The van der Waals surface area contributed by atoms with Gasteiger partial charge in [0.1, 0.15) is 5.75 Å². The van der Waals surface area contributed by atoms with Gasteiger partial charge in [0.05, 0.1) is 5.69 Å². The minimum absolute atomic E-state index is 0.123. The Bertz CT molecular complexity index is 853. The largest absolute Gasteiger partial charge is 0.453 e. The van der Waals surface area contributed by atoms with E-state index in [0.29, 0.717) is 5.65 Å². The molecule has 1 aromatic carbocycles. The van der Waals surface area contributed by atoms with E-state index in [-0.39, 0.29) is 24.1 Å². The normalized spacial score (nSPS) is 10.8. The number of rotatable bonds is 6. The Hall–Kier alpha value is -3.23. The van der Waals surface area contributed by atoms with E-state index in [1.807, 2.05) is 0 Å². The van der Waals surface area contributed by atoms with Crippen LogP contribution >= 0.6 is 0 Å². The minimum atomic E-state index is -2.98. The minimum Gasteiger partial charge on any atom is -0.453 e. The Labute approximate surface area is 134 Å². The summed E-state index contributed by atoms with van der Waals surface area (Å²) in [5.41, 5.74) is 0.695. The summed E-state index contributed by atoms with van der Waals surface area (Å²) in [7, 11) is 0. The molecule has 0 aliphatic carbocycles. The standard InChI is InChI=1S/C15H12F2N4O3/c16-14(17)24-11-6-2-1-5-10(11)18-13(22)9-23-15-20-19-12-7-3-4-8-21(12)15/h1-8,14H,9H2,(H,18,22). The molecule has 0 atom stereocenters. The highest BCUT2D eigenvalue weighted by atomic mass is 19.3. The summed E-state index contributed by atoms with van der Waals surface area (Å²) in [6.07, 6.45) is 1.69. The highest BCUT2D eigenvalue weighted by molar-refractivity contribution is 5.93. The maximum absolute atomic E-state index is 12.3. The quantitative estimate of drug-likeness (QED) is 0.749. The van der Waals surface area contributed by atoms with Crippen molar-refractivity contribution in [3.8, 4) is 11.8 Å². The van der Waals surface area contributed by atoms with Gasteiger partial charge in [-0.05, 0) is 24.3 Å². The van der Waals surface area contributed by atoms with E-state index >= 15 is 0 Å². The second kappa shape index (κ2) is 6.90. The van der Waals surface area contributed by atoms with Gasteiger partial charge in [-0.1, -0.05) is 23.3 Å². The van der Waals surface area contributed by atoms with Gasteiger partial charge in [-0.15, -0.1) is 5.10 Å². The number of fused-ring (bicyclic) bond motifs is 1. The Morgan fingerprint density at radius 2 is 1.96 bits per heavy atom. The molecule has 124 valence electrons. The van der Waals surface area contributed by atoms with Crippen LogP contribution in [0.1, 0.15) is 0 Å². The SMILES string of the molecule is O=C(COc1nnc2ccccn12)Nc1ccccc1OC(F)F. The van der Waals surface area contributed by atoms with Crippen molar-refractivity contribution in [3.05, 3.63) is 48.7 Å². The van der Waals surface area contributed by atoms with E-state index in [9.17, 15) is 13.6 Å². The van der Waals surface area contributed by atoms with Crippen LogP contribution in [0.3, 0.4) is 0 Å². The highest BCUT2D eigenvalue weighted by Crippen LogP contribution is 2.25. The number of nitrogens with zero attached hydrogens (tertiary/aromatic N) is 3. The lowest BCUT2D eigenvalue weighted by Crippen LogP contribution is -2.21. The number of hydrogen-bond acceptors (Lipinski definition) is 5. The van der Waals surface area contributed by atoms with Crippen LogP contribution in [0.5, 0.6) is 11.8 Å². The maximum Gasteiger partial charge on any atom is 0.387 e. The van der Waals surface area contributed by atoms with Gasteiger partial charge >= 0.3 is 12.6 Å². The summed E-state index contributed by atoms with van der Waals surface area (Å²) in [6, 6.07) is 11.3. The third kappa shape index (κ3) is 3.57. The summed E-state index contributed by atoms with van der Waals surface area (Å²) in [5, 5.41) is 10.1. The number of pyridine rings is 1. The molecule has 9 heteroatoms. The average molecular weight is 334 g/mol. The van der Waals surface area contributed by atoms with Gasteiger partial charge < -0.3 is 14.8 Å². The van der Waals surface area contributed by atoms with Crippen LogP contribution in [0.2, 0.25) is 0 Å². The van der Waals surface area contributed by atoms with Crippen molar-refractivity contribution < 1.29 is 23.0 Å². The van der Waals surface area contributed by atoms with Crippen molar-refractivity contribution >= 4 is 17.2 Å². The molecule has 7 nitrogen and oxygen atoms in total. The molecule has 0 radical (unpaired) electrons. The molecular weight excluding hydrogens is 322 g/mol. The van der Waals surface area contributed by atoms with E-state index in [0.717, 1.165) is 0 Å². The number of para-hydroxylation sites is 2. The van der Waals surface area contributed by atoms with Crippen LogP contribution in [0.15, 0.2) is 48.7 Å². The molecule has 1 N–H and O–H groups in total. The third-order valence-corrected chi connectivity index (χ3v) is 2.99. The van der Waals surface area contributed by atoms with Crippen molar-refractivity contribution in [2.75, 3.05) is 11.9 Å². The van der Waals surface area contributed by atoms with Gasteiger partial charge in [-0.2, -0.15) is 8.78 Å². The van der Waals surface area contributed by atoms with Crippen molar-refractivity contribution in [2.24, 2.45) is 0 Å². The molecule has 0 fully saturated rings. The summed E-state index contributed by atoms with van der Waals surface area (Å²) in [6.45, 7) is -3.35. The second-order valence-electron chi connectivity index (χ2n) is 4.62. The maximum atomic E-state index is 12.3. The molecule has 1 amide bonds. The predicted octanol–water partition coefficient (Wildman–Crippen LogP) is 2.35. The number of carbonyl (C=O) groups excluding carboxylic acids is 1. The Balaban J connectivity index is 1.64. The lowest BCUT2D eigenvalue weighted by atomic mass is 10.3. The summed E-state index contributed by atoms with van der Waals surface area (Å²) >= 11 is 0. The second-order valence-corrected chi connectivity index (χ2v) is 4.62. The predicted molar refractivity (Wildman–Crippen MR) is 80.2 cm³/mol. The first-order chi connectivity index (χ1) is 11.6. The van der Waals surface area contributed by atoms with Crippen LogP contribution in [0.25, 0.3) is 5.65 Å². The fraction of sp³-hybridized carbons (Fsp3) is 0.133. The summed E-state index contributed by atoms with van der Waals surface area (Å²) in [5.74, 6) is -0.679. The highest BCUT2D eigenvalue weighted by Gasteiger charge is 2.13. The van der Waals surface area contributed by atoms with Crippen LogP contribution in [-0.2, 0) is 4.79 Å². The molecule has 0 bridgehead atoms. The van der Waals surface area contributed by atoms with Crippen molar-refractivity contribution in [3.63, 3.8) is 0 Å². The number of benzene rings is 1. The molecule has 0 aliphatic heterocycles. The van der Waals surface area contributed by atoms with Gasteiger partial charge in [-0.3, -0.25) is 9.20 Å². The van der Waals surface area contributed by atoms with Gasteiger partial charge in [0.2, 0.25) is 0 Å².